The van der Waals surface area contributed by atoms with Gasteiger partial charge in [0.05, 0.1) is 11.7 Å². The van der Waals surface area contributed by atoms with E-state index in [1.165, 1.54) is 37.8 Å². The third-order valence-corrected chi connectivity index (χ3v) is 4.90. The van der Waals surface area contributed by atoms with Crippen LogP contribution in [0.15, 0.2) is 22.7 Å². The number of benzene rings is 1. The highest BCUT2D eigenvalue weighted by Crippen LogP contribution is 2.39. The van der Waals surface area contributed by atoms with E-state index >= 15 is 0 Å². The van der Waals surface area contributed by atoms with Crippen LogP contribution in [0.5, 0.6) is 5.75 Å². The molecule has 1 aliphatic heterocycles. The second-order valence-corrected chi connectivity index (χ2v) is 6.42. The van der Waals surface area contributed by atoms with Gasteiger partial charge in [0.25, 0.3) is 0 Å². The standard InChI is InChI=1S/C15H20BrNO/c1-17-13-8-7-12(16)9-15(13)18-10-14(17)11-5-3-2-4-6-11/h7-9,11,14H,2-6,10H2,1H3. The molecule has 1 saturated carbocycles. The second-order valence-electron chi connectivity index (χ2n) is 5.50. The van der Waals surface area contributed by atoms with Gasteiger partial charge in [-0.15, -0.1) is 0 Å². The van der Waals surface area contributed by atoms with Crippen molar-refractivity contribution in [3.63, 3.8) is 0 Å². The molecule has 0 N–H and O–H groups in total. The summed E-state index contributed by atoms with van der Waals surface area (Å²) in [7, 11) is 2.22. The van der Waals surface area contributed by atoms with Gasteiger partial charge < -0.3 is 9.64 Å². The first kappa shape index (κ1) is 12.3. The molecular formula is C15H20BrNO. The molecule has 2 nitrogen and oxygen atoms in total. The summed E-state index contributed by atoms with van der Waals surface area (Å²) in [6.45, 7) is 0.838. The van der Waals surface area contributed by atoms with Gasteiger partial charge in [-0.05, 0) is 37.0 Å². The number of halogens is 1. The number of rotatable bonds is 1. The molecule has 3 heteroatoms. The van der Waals surface area contributed by atoms with Crippen molar-refractivity contribution in [2.45, 2.75) is 38.1 Å². The number of ether oxygens (including phenoxy) is 1. The summed E-state index contributed by atoms with van der Waals surface area (Å²) >= 11 is 3.50. The Kier molecular flexibility index (Phi) is 3.51. The first-order valence-corrected chi connectivity index (χ1v) is 7.70. The Morgan fingerprint density at radius 2 is 2.00 bits per heavy atom. The van der Waals surface area contributed by atoms with Crippen molar-refractivity contribution in [1.82, 2.24) is 0 Å². The van der Waals surface area contributed by atoms with Crippen LogP contribution in [0.3, 0.4) is 0 Å². The maximum atomic E-state index is 5.97. The lowest BCUT2D eigenvalue weighted by Crippen LogP contribution is -2.46. The number of hydrogen-bond acceptors (Lipinski definition) is 2. The van der Waals surface area contributed by atoms with Crippen molar-refractivity contribution in [3.05, 3.63) is 22.7 Å². The number of fused-ring (bicyclic) bond motifs is 1. The van der Waals surface area contributed by atoms with Crippen LogP contribution in [0, 0.1) is 5.92 Å². The minimum Gasteiger partial charge on any atom is -0.489 e. The molecule has 0 saturated heterocycles. The zero-order valence-corrected chi connectivity index (χ0v) is 12.4. The monoisotopic (exact) mass is 309 g/mol. The van der Waals surface area contributed by atoms with Gasteiger partial charge >= 0.3 is 0 Å². The highest BCUT2D eigenvalue weighted by atomic mass is 79.9. The average Bonchev–Trinajstić information content (AvgIpc) is 2.40. The van der Waals surface area contributed by atoms with Crippen LogP contribution >= 0.6 is 15.9 Å². The van der Waals surface area contributed by atoms with E-state index in [1.807, 2.05) is 0 Å². The van der Waals surface area contributed by atoms with Crippen molar-refractivity contribution in [2.75, 3.05) is 18.6 Å². The number of nitrogens with zero attached hydrogens (tertiary/aromatic N) is 1. The topological polar surface area (TPSA) is 12.5 Å². The summed E-state index contributed by atoms with van der Waals surface area (Å²) in [5, 5.41) is 0. The van der Waals surface area contributed by atoms with E-state index in [9.17, 15) is 0 Å². The van der Waals surface area contributed by atoms with Gasteiger partial charge in [-0.1, -0.05) is 35.2 Å². The minimum atomic E-state index is 0.555. The molecule has 2 aliphatic rings. The fraction of sp³-hybridized carbons (Fsp3) is 0.600. The summed E-state index contributed by atoms with van der Waals surface area (Å²) < 4.78 is 7.06. The highest BCUT2D eigenvalue weighted by molar-refractivity contribution is 9.10. The molecule has 98 valence electrons. The second kappa shape index (κ2) is 5.12. The average molecular weight is 310 g/mol. The molecule has 18 heavy (non-hydrogen) atoms. The van der Waals surface area contributed by atoms with Crippen LogP contribution in [-0.4, -0.2) is 19.7 Å². The molecule has 1 atom stereocenters. The molecule has 1 unspecified atom stereocenters. The number of hydrogen-bond donors (Lipinski definition) is 0. The Balaban J connectivity index is 1.82. The van der Waals surface area contributed by atoms with Crippen molar-refractivity contribution in [2.24, 2.45) is 5.92 Å². The van der Waals surface area contributed by atoms with Crippen LogP contribution in [-0.2, 0) is 0 Å². The summed E-state index contributed by atoms with van der Waals surface area (Å²) in [5.74, 6) is 1.82. The first-order chi connectivity index (χ1) is 8.75. The van der Waals surface area contributed by atoms with Crippen LogP contribution in [0.4, 0.5) is 5.69 Å². The van der Waals surface area contributed by atoms with E-state index in [0.29, 0.717) is 6.04 Å². The number of anilines is 1. The van der Waals surface area contributed by atoms with Crippen molar-refractivity contribution >= 4 is 21.6 Å². The van der Waals surface area contributed by atoms with Crippen molar-refractivity contribution in [1.29, 1.82) is 0 Å². The Bertz CT molecular complexity index is 429. The lowest BCUT2D eigenvalue weighted by molar-refractivity contribution is 0.195. The van der Waals surface area contributed by atoms with Gasteiger partial charge in [0.15, 0.2) is 0 Å². The fourth-order valence-corrected chi connectivity index (χ4v) is 3.67. The fourth-order valence-electron chi connectivity index (χ4n) is 3.33. The third kappa shape index (κ3) is 2.25. The Morgan fingerprint density at radius 1 is 1.22 bits per heavy atom. The van der Waals surface area contributed by atoms with Crippen molar-refractivity contribution < 1.29 is 4.74 Å². The highest BCUT2D eigenvalue weighted by Gasteiger charge is 2.32. The van der Waals surface area contributed by atoms with Gasteiger partial charge in [0.2, 0.25) is 0 Å². The molecule has 3 rings (SSSR count). The normalized spacial score (nSPS) is 24.6. The Hall–Kier alpha value is -0.700. The molecule has 0 spiro atoms. The molecule has 1 fully saturated rings. The summed E-state index contributed by atoms with van der Waals surface area (Å²) in [4.78, 5) is 2.43. The summed E-state index contributed by atoms with van der Waals surface area (Å²) in [5.41, 5.74) is 1.24. The maximum absolute atomic E-state index is 5.97. The molecule has 0 radical (unpaired) electrons. The predicted octanol–water partition coefficient (Wildman–Crippen LogP) is 4.23. The van der Waals surface area contributed by atoms with E-state index in [1.54, 1.807) is 0 Å². The minimum absolute atomic E-state index is 0.555. The van der Waals surface area contributed by atoms with Crippen LogP contribution in [0.2, 0.25) is 0 Å². The van der Waals surface area contributed by atoms with Crippen molar-refractivity contribution in [3.8, 4) is 5.75 Å². The van der Waals surface area contributed by atoms with Crippen LogP contribution in [0.1, 0.15) is 32.1 Å². The largest absolute Gasteiger partial charge is 0.489 e. The van der Waals surface area contributed by atoms with E-state index in [4.69, 9.17) is 4.74 Å². The van der Waals surface area contributed by atoms with Gasteiger partial charge in [-0.3, -0.25) is 0 Å². The Labute approximate surface area is 117 Å². The quantitative estimate of drug-likeness (QED) is 0.770. The molecule has 0 amide bonds. The Morgan fingerprint density at radius 3 is 2.78 bits per heavy atom. The third-order valence-electron chi connectivity index (χ3n) is 4.40. The van der Waals surface area contributed by atoms with E-state index in [-0.39, 0.29) is 0 Å². The van der Waals surface area contributed by atoms with E-state index < -0.39 is 0 Å². The molecule has 0 aromatic heterocycles. The maximum Gasteiger partial charge on any atom is 0.143 e. The lowest BCUT2D eigenvalue weighted by atomic mass is 9.83. The van der Waals surface area contributed by atoms with Crippen LogP contribution < -0.4 is 9.64 Å². The summed E-state index contributed by atoms with van der Waals surface area (Å²) in [6, 6.07) is 6.89. The lowest BCUT2D eigenvalue weighted by Gasteiger charge is -2.41. The van der Waals surface area contributed by atoms with E-state index in [0.717, 1.165) is 22.7 Å². The zero-order valence-electron chi connectivity index (χ0n) is 10.9. The molecule has 1 aliphatic carbocycles. The zero-order chi connectivity index (χ0) is 12.5. The number of likely N-dealkylation sites (N-methyl/N-ethyl adjacent to an activating group) is 1. The SMILES string of the molecule is CN1c2ccc(Br)cc2OCC1C1CCCCC1. The van der Waals surface area contributed by atoms with Crippen LogP contribution in [0.25, 0.3) is 0 Å². The summed E-state index contributed by atoms with van der Waals surface area (Å²) in [6.07, 6.45) is 6.93. The first-order valence-electron chi connectivity index (χ1n) is 6.91. The molecule has 1 aromatic rings. The van der Waals surface area contributed by atoms with Gasteiger partial charge in [-0.25, -0.2) is 0 Å². The molecule has 1 heterocycles. The smallest absolute Gasteiger partial charge is 0.143 e. The molecule has 0 bridgehead atoms. The predicted molar refractivity (Wildman–Crippen MR) is 78.4 cm³/mol. The van der Waals surface area contributed by atoms with Gasteiger partial charge in [0.1, 0.15) is 12.4 Å². The molecule has 1 aromatic carbocycles. The molecular weight excluding hydrogens is 290 g/mol. The van der Waals surface area contributed by atoms with E-state index in [2.05, 4.69) is 46.1 Å². The van der Waals surface area contributed by atoms with Gasteiger partial charge in [0, 0.05) is 11.5 Å². The van der Waals surface area contributed by atoms with Gasteiger partial charge in [-0.2, -0.15) is 0 Å².